The van der Waals surface area contributed by atoms with Crippen LogP contribution in [0.2, 0.25) is 4.34 Å². The molecule has 0 aromatic carbocycles. The fourth-order valence-electron chi connectivity index (χ4n) is 3.34. The van der Waals surface area contributed by atoms with E-state index in [0.29, 0.717) is 23.5 Å². The quantitative estimate of drug-likeness (QED) is 0.766. The van der Waals surface area contributed by atoms with Crippen LogP contribution >= 0.6 is 22.9 Å². The number of nitrogens with zero attached hydrogens (tertiary/aromatic N) is 3. The number of rotatable bonds is 5. The van der Waals surface area contributed by atoms with Gasteiger partial charge in [0.15, 0.2) is 0 Å². The first-order chi connectivity index (χ1) is 11.4. The van der Waals surface area contributed by atoms with Crippen molar-refractivity contribution in [1.82, 2.24) is 14.1 Å². The van der Waals surface area contributed by atoms with Crippen LogP contribution in [0.1, 0.15) is 19.3 Å². The molecule has 2 aliphatic heterocycles. The first-order valence-electron chi connectivity index (χ1n) is 8.11. The van der Waals surface area contributed by atoms with Crippen LogP contribution in [0.3, 0.4) is 0 Å². The van der Waals surface area contributed by atoms with Gasteiger partial charge in [-0.1, -0.05) is 11.6 Å². The fourth-order valence-corrected chi connectivity index (χ4v) is 6.15. The van der Waals surface area contributed by atoms with Crippen LogP contribution in [0.25, 0.3) is 0 Å². The molecule has 1 aromatic heterocycles. The van der Waals surface area contributed by atoms with Crippen LogP contribution in [0.5, 0.6) is 0 Å². The summed E-state index contributed by atoms with van der Waals surface area (Å²) >= 11 is 6.82. The van der Waals surface area contributed by atoms with Crippen molar-refractivity contribution < 1.29 is 13.2 Å². The fraction of sp³-hybridized carbons (Fsp3) is 0.667. The molecule has 3 heterocycles. The van der Waals surface area contributed by atoms with Gasteiger partial charge in [-0.2, -0.15) is 4.31 Å². The number of hydrogen-bond acceptors (Lipinski definition) is 5. The second-order valence-electron chi connectivity index (χ2n) is 6.34. The minimum atomic E-state index is -3.66. The third kappa shape index (κ3) is 3.77. The highest BCUT2D eigenvalue weighted by Gasteiger charge is 2.33. The molecule has 2 aliphatic rings. The Morgan fingerprint density at radius 1 is 1.33 bits per heavy atom. The van der Waals surface area contributed by atoms with Gasteiger partial charge in [0.25, 0.3) is 10.0 Å². The van der Waals surface area contributed by atoms with E-state index in [1.54, 1.807) is 11.0 Å². The number of carbonyl (C=O) groups is 1. The van der Waals surface area contributed by atoms with Gasteiger partial charge in [-0.3, -0.25) is 9.69 Å². The maximum absolute atomic E-state index is 12.5. The van der Waals surface area contributed by atoms with Gasteiger partial charge in [-0.15, -0.1) is 11.3 Å². The van der Waals surface area contributed by atoms with E-state index in [-0.39, 0.29) is 16.7 Å². The standard InChI is InChI=1S/C15H22ClN3O3S2/c1-17(24(21,22)15-5-4-13(16)23-15)11-14(20)19-9-6-12(10-19)18-7-2-3-8-18/h4-5,12H,2-3,6-11H2,1H3. The Kier molecular flexibility index (Phi) is 5.51. The largest absolute Gasteiger partial charge is 0.340 e. The SMILES string of the molecule is CN(CC(=O)N1CCC(N2CCCC2)C1)S(=O)(=O)c1ccc(Cl)s1. The Bertz CT molecular complexity index is 701. The van der Waals surface area contributed by atoms with Crippen LogP contribution in [-0.2, 0) is 14.8 Å². The van der Waals surface area contributed by atoms with Crippen LogP contribution in [0, 0.1) is 0 Å². The number of hydrogen-bond donors (Lipinski definition) is 0. The van der Waals surface area contributed by atoms with Crippen molar-refractivity contribution in [3.8, 4) is 0 Å². The Balaban J connectivity index is 1.58. The predicted octanol–water partition coefficient (Wildman–Crippen LogP) is 1.72. The number of amides is 1. The van der Waals surface area contributed by atoms with Crippen LogP contribution in [0.15, 0.2) is 16.3 Å². The number of likely N-dealkylation sites (N-methyl/N-ethyl adjacent to an activating group) is 1. The van der Waals surface area contributed by atoms with E-state index >= 15 is 0 Å². The van der Waals surface area contributed by atoms with Crippen molar-refractivity contribution in [2.45, 2.75) is 29.5 Å². The molecular formula is C15H22ClN3O3S2. The van der Waals surface area contributed by atoms with Crippen LogP contribution in [0.4, 0.5) is 0 Å². The summed E-state index contributed by atoms with van der Waals surface area (Å²) in [5.41, 5.74) is 0. The Hall–Kier alpha value is -0.670. The van der Waals surface area contributed by atoms with E-state index in [4.69, 9.17) is 11.6 Å². The average Bonchev–Trinajstić information content (AvgIpc) is 3.27. The van der Waals surface area contributed by atoms with E-state index in [1.807, 2.05) is 0 Å². The Morgan fingerprint density at radius 2 is 2.04 bits per heavy atom. The molecule has 2 fully saturated rings. The summed E-state index contributed by atoms with van der Waals surface area (Å²) in [5.74, 6) is -0.134. The Labute approximate surface area is 152 Å². The van der Waals surface area contributed by atoms with Gasteiger partial charge in [0, 0.05) is 26.2 Å². The zero-order chi connectivity index (χ0) is 17.3. The van der Waals surface area contributed by atoms with Gasteiger partial charge >= 0.3 is 0 Å². The smallest absolute Gasteiger partial charge is 0.252 e. The highest BCUT2D eigenvalue weighted by molar-refractivity contribution is 7.91. The van der Waals surface area contributed by atoms with Crippen molar-refractivity contribution in [3.05, 3.63) is 16.5 Å². The third-order valence-electron chi connectivity index (χ3n) is 4.74. The molecule has 9 heteroatoms. The van der Waals surface area contributed by atoms with Crippen molar-refractivity contribution in [3.63, 3.8) is 0 Å². The summed E-state index contributed by atoms with van der Waals surface area (Å²) in [6.07, 6.45) is 3.44. The lowest BCUT2D eigenvalue weighted by atomic mass is 10.2. The third-order valence-corrected chi connectivity index (χ3v) is 8.25. The molecule has 0 N–H and O–H groups in total. The second kappa shape index (κ2) is 7.29. The van der Waals surface area contributed by atoms with Gasteiger partial charge < -0.3 is 4.90 Å². The summed E-state index contributed by atoms with van der Waals surface area (Å²) < 4.78 is 26.6. The number of thiophene rings is 1. The van der Waals surface area contributed by atoms with Crippen molar-refractivity contribution in [2.24, 2.45) is 0 Å². The average molecular weight is 392 g/mol. The van der Waals surface area contributed by atoms with E-state index < -0.39 is 10.0 Å². The lowest BCUT2D eigenvalue weighted by Crippen LogP contribution is -2.42. The maximum Gasteiger partial charge on any atom is 0.252 e. The first-order valence-corrected chi connectivity index (χ1v) is 10.7. The Morgan fingerprint density at radius 3 is 2.67 bits per heavy atom. The molecule has 24 heavy (non-hydrogen) atoms. The van der Waals surface area contributed by atoms with E-state index in [2.05, 4.69) is 4.90 Å². The van der Waals surface area contributed by atoms with E-state index in [0.717, 1.165) is 35.2 Å². The molecule has 0 bridgehead atoms. The van der Waals surface area contributed by atoms with E-state index in [9.17, 15) is 13.2 Å². The molecule has 3 rings (SSSR count). The van der Waals surface area contributed by atoms with Crippen LogP contribution in [-0.4, -0.2) is 74.2 Å². The molecule has 1 aromatic rings. The summed E-state index contributed by atoms with van der Waals surface area (Å²) in [7, 11) is -2.22. The molecule has 6 nitrogen and oxygen atoms in total. The molecule has 2 saturated heterocycles. The lowest BCUT2D eigenvalue weighted by molar-refractivity contribution is -0.130. The zero-order valence-corrected chi connectivity index (χ0v) is 16.0. The molecule has 1 atom stereocenters. The van der Waals surface area contributed by atoms with Crippen molar-refractivity contribution >= 4 is 38.9 Å². The van der Waals surface area contributed by atoms with Gasteiger partial charge in [0.1, 0.15) is 4.21 Å². The van der Waals surface area contributed by atoms with Crippen molar-refractivity contribution in [2.75, 3.05) is 39.8 Å². The monoisotopic (exact) mass is 391 g/mol. The molecule has 0 spiro atoms. The minimum Gasteiger partial charge on any atom is -0.340 e. The molecule has 1 unspecified atom stereocenters. The first kappa shape index (κ1) is 18.1. The number of sulfonamides is 1. The molecule has 1 amide bonds. The molecule has 0 radical (unpaired) electrons. The highest BCUT2D eigenvalue weighted by atomic mass is 35.5. The summed E-state index contributed by atoms with van der Waals surface area (Å²) in [5, 5.41) is 0. The number of carbonyl (C=O) groups excluding carboxylic acids is 1. The second-order valence-corrected chi connectivity index (χ2v) is 10.3. The predicted molar refractivity (Wildman–Crippen MR) is 94.9 cm³/mol. The summed E-state index contributed by atoms with van der Waals surface area (Å²) in [6, 6.07) is 3.45. The van der Waals surface area contributed by atoms with Gasteiger partial charge in [0.05, 0.1) is 10.9 Å². The van der Waals surface area contributed by atoms with Crippen molar-refractivity contribution in [1.29, 1.82) is 0 Å². The molecule has 0 aliphatic carbocycles. The topological polar surface area (TPSA) is 60.9 Å². The summed E-state index contributed by atoms with van der Waals surface area (Å²) in [4.78, 5) is 16.7. The molecular weight excluding hydrogens is 370 g/mol. The van der Waals surface area contributed by atoms with Gasteiger partial charge in [-0.25, -0.2) is 8.42 Å². The zero-order valence-electron chi connectivity index (χ0n) is 13.6. The summed E-state index contributed by atoms with van der Waals surface area (Å²) in [6.45, 7) is 3.50. The molecule has 0 saturated carbocycles. The van der Waals surface area contributed by atoms with Gasteiger partial charge in [-0.05, 0) is 44.5 Å². The number of likely N-dealkylation sites (tertiary alicyclic amines) is 2. The number of halogens is 1. The maximum atomic E-state index is 12.5. The normalized spacial score (nSPS) is 22.6. The van der Waals surface area contributed by atoms with Crippen LogP contribution < -0.4 is 0 Å². The lowest BCUT2D eigenvalue weighted by Gasteiger charge is -2.24. The van der Waals surface area contributed by atoms with E-state index in [1.165, 1.54) is 26.0 Å². The van der Waals surface area contributed by atoms with Gasteiger partial charge in [0.2, 0.25) is 5.91 Å². The minimum absolute atomic E-state index is 0.134. The molecule has 134 valence electrons. The highest BCUT2D eigenvalue weighted by Crippen LogP contribution is 2.28.